The second-order valence-corrected chi connectivity index (χ2v) is 5.66. The fraction of sp³-hybridized carbons (Fsp3) is 0.158. The molecule has 0 spiro atoms. The normalized spacial score (nSPS) is 10.8. The fourth-order valence-electron chi connectivity index (χ4n) is 2.80. The quantitative estimate of drug-likeness (QED) is 0.454. The van der Waals surface area contributed by atoms with Crippen molar-refractivity contribution in [3.05, 3.63) is 75.1 Å². The summed E-state index contributed by atoms with van der Waals surface area (Å²) in [5, 5.41) is 0.704. The van der Waals surface area contributed by atoms with E-state index in [0.717, 1.165) is 11.1 Å². The van der Waals surface area contributed by atoms with Crippen LogP contribution in [0.5, 0.6) is 0 Å². The summed E-state index contributed by atoms with van der Waals surface area (Å²) >= 11 is 0. The van der Waals surface area contributed by atoms with Crippen molar-refractivity contribution in [1.82, 2.24) is 0 Å². The van der Waals surface area contributed by atoms with E-state index in [1.165, 1.54) is 0 Å². The number of benzene rings is 2. The minimum atomic E-state index is -0.719. The molecule has 0 amide bonds. The fourth-order valence-corrected chi connectivity index (χ4v) is 2.80. The van der Waals surface area contributed by atoms with E-state index >= 15 is 0 Å². The Labute approximate surface area is 138 Å². The highest BCUT2D eigenvalue weighted by Crippen LogP contribution is 2.26. The number of ether oxygens (including phenoxy) is 1. The maximum Gasteiger partial charge on any atom is 0.351 e. The highest BCUT2D eigenvalue weighted by molar-refractivity contribution is 5.97. The van der Waals surface area contributed by atoms with Gasteiger partial charge in [-0.05, 0) is 36.6 Å². The van der Waals surface area contributed by atoms with Gasteiger partial charge >= 0.3 is 11.6 Å². The summed E-state index contributed by atoms with van der Waals surface area (Å²) in [5.74, 6) is -0.691. The van der Waals surface area contributed by atoms with Gasteiger partial charge < -0.3 is 14.9 Å². The first-order valence-electron chi connectivity index (χ1n) is 7.52. The van der Waals surface area contributed by atoms with Crippen molar-refractivity contribution in [2.75, 3.05) is 5.73 Å². The molecule has 0 aliphatic carbocycles. The monoisotopic (exact) mass is 323 g/mol. The molecule has 0 unspecified atom stereocenters. The molecule has 0 bridgehead atoms. The van der Waals surface area contributed by atoms with Crippen LogP contribution in [0.4, 0.5) is 5.69 Å². The van der Waals surface area contributed by atoms with Gasteiger partial charge in [-0.1, -0.05) is 30.3 Å². The second kappa shape index (κ2) is 6.20. The number of aryl methyl sites for hydroxylation is 2. The van der Waals surface area contributed by atoms with Crippen molar-refractivity contribution in [1.29, 1.82) is 0 Å². The van der Waals surface area contributed by atoms with E-state index in [9.17, 15) is 9.59 Å². The Bertz CT molecular complexity index is 974. The number of anilines is 1. The van der Waals surface area contributed by atoms with Crippen LogP contribution in [-0.2, 0) is 11.3 Å². The highest BCUT2D eigenvalue weighted by Gasteiger charge is 2.21. The van der Waals surface area contributed by atoms with Gasteiger partial charge in [-0.3, -0.25) is 0 Å². The molecule has 2 aromatic carbocycles. The molecule has 0 saturated carbocycles. The third kappa shape index (κ3) is 2.88. The Morgan fingerprint density at radius 3 is 2.58 bits per heavy atom. The van der Waals surface area contributed by atoms with Gasteiger partial charge in [0.25, 0.3) is 0 Å². The van der Waals surface area contributed by atoms with Crippen LogP contribution in [0.15, 0.2) is 51.7 Å². The van der Waals surface area contributed by atoms with E-state index in [0.29, 0.717) is 22.2 Å². The first-order valence-corrected chi connectivity index (χ1v) is 7.52. The van der Waals surface area contributed by atoms with Gasteiger partial charge in [0, 0.05) is 17.1 Å². The number of carbonyl (C=O) groups excluding carboxylic acids is 1. The van der Waals surface area contributed by atoms with Gasteiger partial charge in [-0.2, -0.15) is 0 Å². The summed E-state index contributed by atoms with van der Waals surface area (Å²) in [6.07, 6.45) is 0. The molecule has 0 atom stereocenters. The summed E-state index contributed by atoms with van der Waals surface area (Å²) in [6.45, 7) is 3.66. The van der Waals surface area contributed by atoms with E-state index in [1.807, 2.05) is 37.3 Å². The van der Waals surface area contributed by atoms with Gasteiger partial charge in [0.2, 0.25) is 0 Å². The molecule has 0 saturated heterocycles. The summed E-state index contributed by atoms with van der Waals surface area (Å²) in [4.78, 5) is 24.6. The molecule has 0 aliphatic rings. The largest absolute Gasteiger partial charge is 0.457 e. The van der Waals surface area contributed by atoms with E-state index in [1.54, 1.807) is 19.1 Å². The average molecular weight is 323 g/mol. The molecule has 3 rings (SSSR count). The maximum atomic E-state index is 12.4. The molecular formula is C19H17NO4. The van der Waals surface area contributed by atoms with Crippen molar-refractivity contribution < 1.29 is 13.9 Å². The summed E-state index contributed by atoms with van der Waals surface area (Å²) in [7, 11) is 0. The Morgan fingerprint density at radius 2 is 1.88 bits per heavy atom. The first kappa shape index (κ1) is 15.8. The van der Waals surface area contributed by atoms with Crippen LogP contribution < -0.4 is 11.4 Å². The van der Waals surface area contributed by atoms with Gasteiger partial charge in [-0.15, -0.1) is 0 Å². The minimum Gasteiger partial charge on any atom is -0.457 e. The SMILES string of the molecule is Cc1cc(N)cc2oc(=O)c(C(=O)OCc3ccccc3)c(C)c12. The Kier molecular flexibility index (Phi) is 4.08. The molecule has 1 heterocycles. The van der Waals surface area contributed by atoms with E-state index in [4.69, 9.17) is 14.9 Å². The standard InChI is InChI=1S/C19H17NO4/c1-11-8-14(20)9-15-16(11)12(2)17(19(22)24-15)18(21)23-10-13-6-4-3-5-7-13/h3-9H,10,20H2,1-2H3. The predicted octanol–water partition coefficient (Wildman–Crippen LogP) is 3.35. The second-order valence-electron chi connectivity index (χ2n) is 5.66. The van der Waals surface area contributed by atoms with Crippen LogP contribution in [0, 0.1) is 13.8 Å². The molecule has 3 aromatic rings. The number of nitrogens with two attached hydrogens (primary N) is 1. The molecule has 0 aliphatic heterocycles. The van der Waals surface area contributed by atoms with Crippen molar-refractivity contribution in [3.63, 3.8) is 0 Å². The number of hydrogen-bond donors (Lipinski definition) is 1. The van der Waals surface area contributed by atoms with E-state index in [-0.39, 0.29) is 12.2 Å². The van der Waals surface area contributed by atoms with Gasteiger partial charge in [0.1, 0.15) is 17.8 Å². The summed E-state index contributed by atoms with van der Waals surface area (Å²) in [6, 6.07) is 12.6. The van der Waals surface area contributed by atoms with Crippen LogP contribution in [0.3, 0.4) is 0 Å². The molecule has 1 aromatic heterocycles. The number of esters is 1. The Balaban J connectivity index is 2.00. The molecule has 122 valence electrons. The number of carbonyl (C=O) groups is 1. The molecule has 0 radical (unpaired) electrons. The van der Waals surface area contributed by atoms with Crippen molar-refractivity contribution >= 4 is 22.6 Å². The predicted molar refractivity (Wildman–Crippen MR) is 91.9 cm³/mol. The molecule has 5 heteroatoms. The van der Waals surface area contributed by atoms with Crippen molar-refractivity contribution in [2.45, 2.75) is 20.5 Å². The molecule has 5 nitrogen and oxygen atoms in total. The third-order valence-corrected chi connectivity index (χ3v) is 3.90. The topological polar surface area (TPSA) is 82.5 Å². The first-order chi connectivity index (χ1) is 11.5. The van der Waals surface area contributed by atoms with E-state index < -0.39 is 11.6 Å². The molecule has 0 fully saturated rings. The van der Waals surface area contributed by atoms with Gasteiger partial charge in [-0.25, -0.2) is 9.59 Å². The lowest BCUT2D eigenvalue weighted by atomic mass is 10.0. The zero-order chi connectivity index (χ0) is 17.3. The summed E-state index contributed by atoms with van der Waals surface area (Å²) < 4.78 is 10.5. The zero-order valence-electron chi connectivity index (χ0n) is 13.5. The molecule has 2 N–H and O–H groups in total. The number of rotatable bonds is 3. The lowest BCUT2D eigenvalue weighted by Gasteiger charge is -2.10. The Morgan fingerprint density at radius 1 is 1.17 bits per heavy atom. The van der Waals surface area contributed by atoms with Crippen LogP contribution in [-0.4, -0.2) is 5.97 Å². The number of fused-ring (bicyclic) bond motifs is 1. The molecule has 24 heavy (non-hydrogen) atoms. The number of nitrogen functional groups attached to an aromatic ring is 1. The number of hydrogen-bond acceptors (Lipinski definition) is 5. The van der Waals surface area contributed by atoms with Crippen LogP contribution in [0.25, 0.3) is 11.0 Å². The zero-order valence-corrected chi connectivity index (χ0v) is 13.5. The summed E-state index contributed by atoms with van der Waals surface area (Å²) in [5.41, 5.74) is 8.08. The lowest BCUT2D eigenvalue weighted by molar-refractivity contribution is 0.0467. The van der Waals surface area contributed by atoms with Gasteiger partial charge in [0.15, 0.2) is 0 Å². The maximum absolute atomic E-state index is 12.4. The van der Waals surface area contributed by atoms with Crippen LogP contribution >= 0.6 is 0 Å². The average Bonchev–Trinajstić information content (AvgIpc) is 2.52. The van der Waals surface area contributed by atoms with Crippen LogP contribution in [0.2, 0.25) is 0 Å². The minimum absolute atomic E-state index is 0.0775. The van der Waals surface area contributed by atoms with Crippen LogP contribution in [0.1, 0.15) is 27.0 Å². The van der Waals surface area contributed by atoms with Crippen molar-refractivity contribution in [2.24, 2.45) is 0 Å². The highest BCUT2D eigenvalue weighted by atomic mass is 16.5. The molecular weight excluding hydrogens is 306 g/mol. The van der Waals surface area contributed by atoms with Gasteiger partial charge in [0.05, 0.1) is 0 Å². The lowest BCUT2D eigenvalue weighted by Crippen LogP contribution is -2.19. The Hall–Kier alpha value is -3.08. The smallest absolute Gasteiger partial charge is 0.351 e. The van der Waals surface area contributed by atoms with E-state index in [2.05, 4.69) is 0 Å². The third-order valence-electron chi connectivity index (χ3n) is 3.90. The van der Waals surface area contributed by atoms with Crippen molar-refractivity contribution in [3.8, 4) is 0 Å².